The Morgan fingerprint density at radius 2 is 2.03 bits per heavy atom. The predicted octanol–water partition coefficient (Wildman–Crippen LogP) is 5.18. The largest absolute Gasteiger partial charge is 0.486 e. The minimum absolute atomic E-state index is 0.0673. The van der Waals surface area contributed by atoms with Gasteiger partial charge in [-0.1, -0.05) is 12.1 Å². The van der Waals surface area contributed by atoms with E-state index < -0.39 is 17.8 Å². The van der Waals surface area contributed by atoms with E-state index in [0.717, 1.165) is 29.5 Å². The van der Waals surface area contributed by atoms with Crippen molar-refractivity contribution in [3.05, 3.63) is 53.5 Å². The van der Waals surface area contributed by atoms with E-state index in [1.165, 1.54) is 6.07 Å². The van der Waals surface area contributed by atoms with Crippen LogP contribution >= 0.6 is 0 Å². The molecule has 2 aromatic heterocycles. The molecule has 1 N–H and O–H groups in total. The molecule has 3 heterocycles. The third-order valence-corrected chi connectivity index (χ3v) is 6.01. The second-order valence-electron chi connectivity index (χ2n) is 8.51. The molecule has 1 fully saturated rings. The lowest BCUT2D eigenvalue weighted by atomic mass is 10.0. The quantitative estimate of drug-likeness (QED) is 0.432. The van der Waals surface area contributed by atoms with Gasteiger partial charge in [0.2, 0.25) is 0 Å². The van der Waals surface area contributed by atoms with Gasteiger partial charge in [0.25, 0.3) is 0 Å². The molecule has 7 nitrogen and oxygen atoms in total. The molecule has 2 atom stereocenters. The van der Waals surface area contributed by atoms with Crippen LogP contribution in [0.15, 0.2) is 36.5 Å². The Balaban J connectivity index is 1.59. The Morgan fingerprint density at radius 3 is 2.76 bits per heavy atom. The average molecular weight is 471 g/mol. The lowest BCUT2D eigenvalue weighted by Crippen LogP contribution is -2.16. The number of nitrogens with zero attached hydrogens (tertiary/aromatic N) is 4. The number of hydrogen-bond acceptors (Lipinski definition) is 6. The standard InChI is InChI=1S/C24H24F3N5O2/c1-13(15-5-4-6-16(9-15)24(25,26)27)29-23-18-10-20(34-17-7-8-33-12-17)22-19(11-28-32(22)3)21(18)30-14(2)31-23/h4-6,9-11,13,17H,7-8,12H2,1-3H3,(H,29,30,31)/t13-,17?/m1/s1. The molecule has 0 bridgehead atoms. The van der Waals surface area contributed by atoms with E-state index in [2.05, 4.69) is 20.4 Å². The summed E-state index contributed by atoms with van der Waals surface area (Å²) in [4.78, 5) is 9.22. The molecule has 0 amide bonds. The first-order valence-corrected chi connectivity index (χ1v) is 11.0. The van der Waals surface area contributed by atoms with Crippen LogP contribution in [-0.2, 0) is 18.0 Å². The first-order valence-electron chi connectivity index (χ1n) is 11.0. The summed E-state index contributed by atoms with van der Waals surface area (Å²) in [5, 5.41) is 9.21. The molecule has 0 aliphatic carbocycles. The molecule has 1 aliphatic heterocycles. The molecule has 0 spiro atoms. The fourth-order valence-corrected chi connectivity index (χ4v) is 4.28. The van der Waals surface area contributed by atoms with Crippen LogP contribution in [0.2, 0.25) is 0 Å². The van der Waals surface area contributed by atoms with Crippen molar-refractivity contribution in [1.29, 1.82) is 0 Å². The Morgan fingerprint density at radius 1 is 1.21 bits per heavy atom. The minimum Gasteiger partial charge on any atom is -0.486 e. The third kappa shape index (κ3) is 4.13. The van der Waals surface area contributed by atoms with Gasteiger partial charge in [-0.05, 0) is 37.6 Å². The lowest BCUT2D eigenvalue weighted by molar-refractivity contribution is -0.137. The van der Waals surface area contributed by atoms with E-state index in [-0.39, 0.29) is 6.10 Å². The van der Waals surface area contributed by atoms with Crippen molar-refractivity contribution in [1.82, 2.24) is 19.7 Å². The smallest absolute Gasteiger partial charge is 0.416 e. The van der Waals surface area contributed by atoms with Crippen molar-refractivity contribution < 1.29 is 22.6 Å². The second-order valence-corrected chi connectivity index (χ2v) is 8.51. The van der Waals surface area contributed by atoms with Crippen molar-refractivity contribution in [2.45, 2.75) is 38.6 Å². The number of aromatic nitrogens is 4. The van der Waals surface area contributed by atoms with Gasteiger partial charge in [0.1, 0.15) is 29.0 Å². The first-order chi connectivity index (χ1) is 16.2. The molecule has 2 aromatic carbocycles. The van der Waals surface area contributed by atoms with Crippen molar-refractivity contribution in [2.75, 3.05) is 18.5 Å². The molecule has 4 aromatic rings. The Bertz CT molecular complexity index is 1360. The minimum atomic E-state index is -4.41. The average Bonchev–Trinajstić information content (AvgIpc) is 3.44. The molecule has 178 valence electrons. The number of fused-ring (bicyclic) bond motifs is 3. The van der Waals surface area contributed by atoms with Crippen LogP contribution in [0.1, 0.15) is 36.3 Å². The van der Waals surface area contributed by atoms with Gasteiger partial charge in [0.05, 0.1) is 35.9 Å². The van der Waals surface area contributed by atoms with Gasteiger partial charge in [-0.25, -0.2) is 9.97 Å². The summed E-state index contributed by atoms with van der Waals surface area (Å²) in [5.41, 5.74) is 1.33. The van der Waals surface area contributed by atoms with Gasteiger partial charge in [-0.3, -0.25) is 4.68 Å². The van der Waals surface area contributed by atoms with Crippen molar-refractivity contribution >= 4 is 27.6 Å². The Labute approximate surface area is 193 Å². The first kappa shape index (κ1) is 22.4. The van der Waals surface area contributed by atoms with Crippen LogP contribution in [0.25, 0.3) is 21.8 Å². The summed E-state index contributed by atoms with van der Waals surface area (Å²) in [5.74, 6) is 1.69. The molecule has 5 rings (SSSR count). The Hall–Kier alpha value is -3.40. The van der Waals surface area contributed by atoms with Gasteiger partial charge in [0.15, 0.2) is 0 Å². The molecule has 34 heavy (non-hydrogen) atoms. The highest BCUT2D eigenvalue weighted by atomic mass is 19.4. The Kier molecular flexibility index (Phi) is 5.55. The molecule has 1 aliphatic rings. The number of aryl methyl sites for hydroxylation is 2. The van der Waals surface area contributed by atoms with Crippen LogP contribution in [0.4, 0.5) is 19.0 Å². The molecule has 0 saturated carbocycles. The van der Waals surface area contributed by atoms with E-state index >= 15 is 0 Å². The van der Waals surface area contributed by atoms with Gasteiger partial charge in [0, 0.05) is 24.9 Å². The lowest BCUT2D eigenvalue weighted by Gasteiger charge is -2.19. The molecule has 1 saturated heterocycles. The summed E-state index contributed by atoms with van der Waals surface area (Å²) in [6.45, 7) is 4.74. The highest BCUT2D eigenvalue weighted by molar-refractivity contribution is 6.10. The van der Waals surface area contributed by atoms with E-state index in [1.807, 2.05) is 13.1 Å². The van der Waals surface area contributed by atoms with Crippen LogP contribution in [0.3, 0.4) is 0 Å². The van der Waals surface area contributed by atoms with Crippen molar-refractivity contribution in [2.24, 2.45) is 7.05 Å². The SMILES string of the molecule is Cc1nc(N[C@H](C)c2cccc(C(F)(F)F)c2)c2cc(OC3CCOC3)c3c(cnn3C)c2n1. The van der Waals surface area contributed by atoms with E-state index in [1.54, 1.807) is 30.8 Å². The maximum Gasteiger partial charge on any atom is 0.416 e. The normalized spacial score (nSPS) is 17.4. The number of ether oxygens (including phenoxy) is 2. The molecular weight excluding hydrogens is 447 g/mol. The van der Waals surface area contributed by atoms with Crippen molar-refractivity contribution in [3.63, 3.8) is 0 Å². The number of anilines is 1. The maximum absolute atomic E-state index is 13.2. The van der Waals surface area contributed by atoms with Crippen LogP contribution in [0.5, 0.6) is 5.75 Å². The fourth-order valence-electron chi connectivity index (χ4n) is 4.28. The highest BCUT2D eigenvalue weighted by Crippen LogP contribution is 2.37. The zero-order valence-electron chi connectivity index (χ0n) is 19.0. The van der Waals surface area contributed by atoms with E-state index in [9.17, 15) is 13.2 Å². The monoisotopic (exact) mass is 471 g/mol. The third-order valence-electron chi connectivity index (χ3n) is 6.01. The van der Waals surface area contributed by atoms with E-state index in [4.69, 9.17) is 9.47 Å². The number of rotatable bonds is 5. The van der Waals surface area contributed by atoms with Gasteiger partial charge < -0.3 is 14.8 Å². The topological polar surface area (TPSA) is 74.1 Å². The van der Waals surface area contributed by atoms with Gasteiger partial charge >= 0.3 is 6.18 Å². The fraction of sp³-hybridized carbons (Fsp3) is 0.375. The zero-order valence-corrected chi connectivity index (χ0v) is 19.0. The summed E-state index contributed by atoms with van der Waals surface area (Å²) in [6, 6.07) is 6.73. The molecule has 10 heteroatoms. The van der Waals surface area contributed by atoms with E-state index in [0.29, 0.717) is 47.1 Å². The summed E-state index contributed by atoms with van der Waals surface area (Å²) in [6.07, 6.45) is -1.94. The van der Waals surface area contributed by atoms with Crippen molar-refractivity contribution in [3.8, 4) is 5.75 Å². The van der Waals surface area contributed by atoms with Gasteiger partial charge in [-0.15, -0.1) is 0 Å². The summed E-state index contributed by atoms with van der Waals surface area (Å²) in [7, 11) is 1.84. The van der Waals surface area contributed by atoms with Crippen LogP contribution < -0.4 is 10.1 Å². The van der Waals surface area contributed by atoms with Gasteiger partial charge in [-0.2, -0.15) is 18.3 Å². The van der Waals surface area contributed by atoms with Crippen LogP contribution in [0, 0.1) is 6.92 Å². The predicted molar refractivity (Wildman–Crippen MR) is 122 cm³/mol. The molecule has 1 unspecified atom stereocenters. The number of hydrogen-bond donors (Lipinski definition) is 1. The number of alkyl halides is 3. The maximum atomic E-state index is 13.2. The molecular formula is C24H24F3N5O2. The summed E-state index contributed by atoms with van der Waals surface area (Å²) < 4.78 is 53.1. The summed E-state index contributed by atoms with van der Waals surface area (Å²) >= 11 is 0. The number of nitrogens with one attached hydrogen (secondary N) is 1. The highest BCUT2D eigenvalue weighted by Gasteiger charge is 2.31. The zero-order chi connectivity index (χ0) is 24.0. The second kappa shape index (κ2) is 8.43. The van der Waals surface area contributed by atoms with Crippen LogP contribution in [-0.4, -0.2) is 39.1 Å². The molecule has 0 radical (unpaired) electrons. The number of benzene rings is 2. The number of halogens is 3.